The van der Waals surface area contributed by atoms with Gasteiger partial charge in [-0.05, 0) is 60.4 Å². The number of aryl methyl sites for hydroxylation is 2. The first-order valence-corrected chi connectivity index (χ1v) is 28.7. The van der Waals surface area contributed by atoms with Crippen molar-refractivity contribution in [2.45, 2.75) is 47.8 Å². The van der Waals surface area contributed by atoms with Crippen LogP contribution < -0.4 is 9.44 Å². The molecule has 0 bridgehead atoms. The summed E-state index contributed by atoms with van der Waals surface area (Å²) in [5.41, 5.74) is 10.9. The first kappa shape index (κ1) is 54.2. The molecule has 10 aromatic carbocycles. The summed E-state index contributed by atoms with van der Waals surface area (Å²) in [6.07, 6.45) is 0. The molecule has 0 heterocycles. The highest BCUT2D eigenvalue weighted by Gasteiger charge is 2.32. The Hall–Kier alpha value is -8.64. The Kier molecular flexibility index (Phi) is 18.0. The molecule has 0 fully saturated rings. The molecular weight excluding hydrogens is 1000 g/mol. The SMILES string of the molecule is Cc1ccc(S(=O)(=O)N[C@@H](c2ccccc2)[C@H](N=C(c2ccccc2)c2ccccc2)c2ccccc2)cc1.Cc1ccc(S(=O)(=O)N[C@H](c2ccccc2)[C@@H](N=C(c2ccccc2)c2ccccc2)c2ccccc2)cc1. The molecule has 0 aliphatic rings. The molecule has 0 aliphatic carbocycles. The van der Waals surface area contributed by atoms with Gasteiger partial charge in [0, 0.05) is 22.3 Å². The topological polar surface area (TPSA) is 117 Å². The van der Waals surface area contributed by atoms with E-state index in [-0.39, 0.29) is 9.79 Å². The van der Waals surface area contributed by atoms with E-state index in [1.54, 1.807) is 24.3 Å². The van der Waals surface area contributed by atoms with Gasteiger partial charge in [0.2, 0.25) is 20.0 Å². The minimum absolute atomic E-state index is 0.219. The van der Waals surface area contributed by atoms with E-state index in [1.165, 1.54) is 0 Å². The molecule has 0 saturated heterocycles. The van der Waals surface area contributed by atoms with Gasteiger partial charge < -0.3 is 0 Å². The minimum Gasteiger partial charge on any atom is -0.274 e. The second-order valence-corrected chi connectivity index (χ2v) is 22.2. The van der Waals surface area contributed by atoms with Crippen molar-refractivity contribution in [3.05, 3.63) is 347 Å². The summed E-state index contributed by atoms with van der Waals surface area (Å²) in [7, 11) is -7.72. The Balaban J connectivity index is 0.000000190. The molecule has 388 valence electrons. The Morgan fingerprint density at radius 3 is 0.756 bits per heavy atom. The molecule has 0 aliphatic heterocycles. The average Bonchev–Trinajstić information content (AvgIpc) is 3.50. The van der Waals surface area contributed by atoms with Crippen LogP contribution in [0.1, 0.15) is 79.8 Å². The molecule has 0 radical (unpaired) electrons. The quantitative estimate of drug-likeness (QED) is 0.0832. The number of rotatable bonds is 18. The van der Waals surface area contributed by atoms with Crippen LogP contribution in [0.5, 0.6) is 0 Å². The van der Waals surface area contributed by atoms with E-state index in [1.807, 2.05) is 281 Å². The third-order valence-corrected chi connectivity index (χ3v) is 16.1. The standard InChI is InChI=1S/2C34H30N2O2S/c2*1-26-22-24-31(25-23-26)39(37,38)36-34(30-20-12-5-13-21-30)33(29-18-10-4-11-19-29)35-32(27-14-6-2-7-15-27)28-16-8-3-9-17-28/h2*2-25,33-34,36H,1H3/t2*33-,34+/m10/s1. The van der Waals surface area contributed by atoms with Crippen LogP contribution in [0.4, 0.5) is 0 Å². The summed E-state index contributed by atoms with van der Waals surface area (Å²) in [4.78, 5) is 11.1. The van der Waals surface area contributed by atoms with Gasteiger partial charge in [0.25, 0.3) is 0 Å². The molecule has 78 heavy (non-hydrogen) atoms. The third kappa shape index (κ3) is 14.0. The Morgan fingerprint density at radius 2 is 0.513 bits per heavy atom. The second-order valence-electron chi connectivity index (χ2n) is 18.8. The lowest BCUT2D eigenvalue weighted by Gasteiger charge is -2.27. The Morgan fingerprint density at radius 1 is 0.295 bits per heavy atom. The maximum atomic E-state index is 13.7. The highest BCUT2D eigenvalue weighted by Crippen LogP contribution is 2.37. The zero-order chi connectivity index (χ0) is 54.2. The van der Waals surface area contributed by atoms with Crippen molar-refractivity contribution >= 4 is 31.5 Å². The number of hydrogen-bond donors (Lipinski definition) is 2. The van der Waals surface area contributed by atoms with Gasteiger partial charge in [-0.25, -0.2) is 26.3 Å². The van der Waals surface area contributed by atoms with Gasteiger partial charge in [-0.15, -0.1) is 0 Å². The number of benzene rings is 10. The highest BCUT2D eigenvalue weighted by molar-refractivity contribution is 7.89. The first-order chi connectivity index (χ1) is 38.0. The largest absolute Gasteiger partial charge is 0.274 e. The van der Waals surface area contributed by atoms with E-state index in [0.717, 1.165) is 67.1 Å². The summed E-state index contributed by atoms with van der Waals surface area (Å²) in [6, 6.07) is 90.4. The number of hydrogen-bond acceptors (Lipinski definition) is 6. The summed E-state index contributed by atoms with van der Waals surface area (Å²) in [6.45, 7) is 3.87. The van der Waals surface area contributed by atoms with Crippen molar-refractivity contribution in [2.24, 2.45) is 9.98 Å². The van der Waals surface area contributed by atoms with Gasteiger partial charge in [-0.3, -0.25) is 9.98 Å². The van der Waals surface area contributed by atoms with E-state index in [4.69, 9.17) is 9.98 Å². The molecule has 10 aromatic rings. The van der Waals surface area contributed by atoms with E-state index in [9.17, 15) is 16.8 Å². The molecule has 4 atom stereocenters. The van der Waals surface area contributed by atoms with Crippen LogP contribution >= 0.6 is 0 Å². The minimum atomic E-state index is -3.86. The van der Waals surface area contributed by atoms with E-state index < -0.39 is 44.2 Å². The fraction of sp³-hybridized carbons (Fsp3) is 0.0882. The molecule has 0 unspecified atom stereocenters. The van der Waals surface area contributed by atoms with Crippen LogP contribution in [0.2, 0.25) is 0 Å². The zero-order valence-corrected chi connectivity index (χ0v) is 45.0. The molecule has 10 heteroatoms. The number of nitrogens with zero attached hydrogens (tertiary/aromatic N) is 2. The lowest BCUT2D eigenvalue weighted by molar-refractivity contribution is 0.505. The average molecular weight is 1060 g/mol. The summed E-state index contributed by atoms with van der Waals surface area (Å²) < 4.78 is 61.0. The van der Waals surface area contributed by atoms with Gasteiger partial charge in [-0.2, -0.15) is 0 Å². The van der Waals surface area contributed by atoms with Crippen LogP contribution in [0.15, 0.2) is 311 Å². The zero-order valence-electron chi connectivity index (χ0n) is 43.4. The smallest absolute Gasteiger partial charge is 0.241 e. The lowest BCUT2D eigenvalue weighted by Crippen LogP contribution is -2.32. The van der Waals surface area contributed by atoms with Crippen LogP contribution in [-0.4, -0.2) is 28.3 Å². The monoisotopic (exact) mass is 1060 g/mol. The van der Waals surface area contributed by atoms with Crippen molar-refractivity contribution < 1.29 is 16.8 Å². The summed E-state index contributed by atoms with van der Waals surface area (Å²) in [5, 5.41) is 0. The highest BCUT2D eigenvalue weighted by atomic mass is 32.2. The third-order valence-electron chi connectivity index (χ3n) is 13.2. The van der Waals surface area contributed by atoms with E-state index in [0.29, 0.717) is 0 Å². The molecule has 10 rings (SSSR count). The van der Waals surface area contributed by atoms with E-state index in [2.05, 4.69) is 9.44 Å². The van der Waals surface area contributed by atoms with Crippen molar-refractivity contribution in [3.63, 3.8) is 0 Å². The van der Waals surface area contributed by atoms with Gasteiger partial charge in [0.15, 0.2) is 0 Å². The van der Waals surface area contributed by atoms with Crippen molar-refractivity contribution in [3.8, 4) is 0 Å². The first-order valence-electron chi connectivity index (χ1n) is 25.8. The van der Waals surface area contributed by atoms with E-state index >= 15 is 0 Å². The van der Waals surface area contributed by atoms with Crippen molar-refractivity contribution in [1.82, 2.24) is 9.44 Å². The van der Waals surface area contributed by atoms with Crippen molar-refractivity contribution in [1.29, 1.82) is 0 Å². The Labute approximate surface area is 459 Å². The molecule has 0 aromatic heterocycles. The molecule has 2 N–H and O–H groups in total. The van der Waals surface area contributed by atoms with Crippen LogP contribution in [0, 0.1) is 13.8 Å². The predicted octanol–water partition coefficient (Wildman–Crippen LogP) is 14.6. The number of sulfonamides is 2. The van der Waals surface area contributed by atoms with Crippen LogP contribution in [0.3, 0.4) is 0 Å². The number of aliphatic imine (C=N–C) groups is 2. The second kappa shape index (κ2) is 25.9. The molecule has 0 spiro atoms. The summed E-state index contributed by atoms with van der Waals surface area (Å²) >= 11 is 0. The van der Waals surface area contributed by atoms with Gasteiger partial charge in [-0.1, -0.05) is 278 Å². The maximum Gasteiger partial charge on any atom is 0.241 e. The Bertz CT molecular complexity index is 3410. The van der Waals surface area contributed by atoms with Gasteiger partial charge >= 0.3 is 0 Å². The summed E-state index contributed by atoms with van der Waals surface area (Å²) in [5.74, 6) is 0. The molecule has 8 nitrogen and oxygen atoms in total. The molecular formula is C68H60N4O4S2. The van der Waals surface area contributed by atoms with Crippen LogP contribution in [0.25, 0.3) is 0 Å². The number of nitrogens with one attached hydrogen (secondary N) is 2. The maximum absolute atomic E-state index is 13.7. The van der Waals surface area contributed by atoms with Gasteiger partial charge in [0.05, 0.1) is 45.4 Å². The van der Waals surface area contributed by atoms with Gasteiger partial charge in [0.1, 0.15) is 0 Å². The predicted molar refractivity (Wildman–Crippen MR) is 317 cm³/mol. The fourth-order valence-corrected chi connectivity index (χ4v) is 11.6. The molecule has 0 amide bonds. The lowest BCUT2D eigenvalue weighted by atomic mass is 9.93. The normalized spacial score (nSPS) is 12.8. The van der Waals surface area contributed by atoms with Crippen LogP contribution in [-0.2, 0) is 20.0 Å². The fourth-order valence-electron chi connectivity index (χ4n) is 9.13. The van der Waals surface area contributed by atoms with Crippen molar-refractivity contribution in [2.75, 3.05) is 0 Å². The molecule has 0 saturated carbocycles.